The molecule has 1 aromatic carbocycles. The highest BCUT2D eigenvalue weighted by Gasteiger charge is 2.32. The Hall–Kier alpha value is -0.920. The monoisotopic (exact) mass is 472 g/mol. The van der Waals surface area contributed by atoms with Crippen LogP contribution in [-0.2, 0) is 14.8 Å². The number of likely N-dealkylation sites (tertiary alicyclic amines) is 1. The second-order valence-electron chi connectivity index (χ2n) is 8.78. The summed E-state index contributed by atoms with van der Waals surface area (Å²) in [4.78, 5) is 12.9. The average Bonchev–Trinajstić information content (AvgIpc) is 3.12. The van der Waals surface area contributed by atoms with Gasteiger partial charge in [-0.15, -0.1) is 0 Å². The second kappa shape index (κ2) is 10.2. The predicted molar refractivity (Wildman–Crippen MR) is 117 cm³/mol. The molecule has 7 heteroatoms. The van der Waals surface area contributed by atoms with Gasteiger partial charge in [0.25, 0.3) is 0 Å². The lowest BCUT2D eigenvalue weighted by atomic mass is 9.85. The average molecular weight is 473 g/mol. The Balaban J connectivity index is 0.000000221. The van der Waals surface area contributed by atoms with E-state index in [-0.39, 0.29) is 11.5 Å². The predicted octanol–water partition coefficient (Wildman–Crippen LogP) is 4.71. The van der Waals surface area contributed by atoms with E-state index in [4.69, 9.17) is 0 Å². The molecule has 3 rings (SSSR count). The zero-order valence-electron chi connectivity index (χ0n) is 17.2. The zero-order valence-corrected chi connectivity index (χ0v) is 19.6. The van der Waals surface area contributed by atoms with Gasteiger partial charge in [-0.1, -0.05) is 56.0 Å². The Morgan fingerprint density at radius 2 is 1.64 bits per heavy atom. The molecule has 5 nitrogen and oxygen atoms in total. The summed E-state index contributed by atoms with van der Waals surface area (Å²) in [6.45, 7) is 7.53. The van der Waals surface area contributed by atoms with Crippen molar-refractivity contribution in [3.8, 4) is 0 Å². The number of carbonyl (C=O) groups excluding carboxylic acids is 1. The van der Waals surface area contributed by atoms with Crippen LogP contribution in [0.3, 0.4) is 0 Å². The number of sulfonamides is 1. The molecule has 1 amide bonds. The summed E-state index contributed by atoms with van der Waals surface area (Å²) in [5.74, 6) is 0. The third-order valence-electron chi connectivity index (χ3n) is 5.48. The van der Waals surface area contributed by atoms with Crippen LogP contribution in [0.25, 0.3) is 0 Å². The zero-order chi connectivity index (χ0) is 20.8. The quantitative estimate of drug-likeness (QED) is 0.644. The van der Waals surface area contributed by atoms with E-state index in [2.05, 4.69) is 41.4 Å². The highest BCUT2D eigenvalue weighted by atomic mass is 79.9. The normalized spacial score (nSPS) is 21.1. The Bertz CT molecular complexity index is 723. The summed E-state index contributed by atoms with van der Waals surface area (Å²) in [5.41, 5.74) is 0.247. The molecule has 1 heterocycles. The van der Waals surface area contributed by atoms with Crippen LogP contribution in [0.4, 0.5) is 0 Å². The summed E-state index contributed by atoms with van der Waals surface area (Å²) in [5, 5.41) is 0. The van der Waals surface area contributed by atoms with E-state index in [1.165, 1.54) is 19.3 Å². The van der Waals surface area contributed by atoms with Crippen molar-refractivity contribution >= 4 is 32.4 Å². The number of benzene rings is 1. The van der Waals surface area contributed by atoms with Crippen LogP contribution >= 0.6 is 15.9 Å². The van der Waals surface area contributed by atoms with Gasteiger partial charge in [0.05, 0.1) is 4.90 Å². The number of hydrogen-bond acceptors (Lipinski definition) is 3. The lowest BCUT2D eigenvalue weighted by molar-refractivity contribution is -0.120. The van der Waals surface area contributed by atoms with Gasteiger partial charge < -0.3 is 4.90 Å². The Kier molecular flexibility index (Phi) is 8.52. The molecular weight excluding hydrogens is 440 g/mol. The largest absolute Gasteiger partial charge is 0.342 e. The van der Waals surface area contributed by atoms with Crippen LogP contribution < -0.4 is 4.72 Å². The molecule has 0 radical (unpaired) electrons. The number of carbonyl (C=O) groups is 1. The van der Waals surface area contributed by atoms with Gasteiger partial charge in [0.2, 0.25) is 16.4 Å². The highest BCUT2D eigenvalue weighted by Crippen LogP contribution is 2.31. The Morgan fingerprint density at radius 3 is 2.14 bits per heavy atom. The highest BCUT2D eigenvalue weighted by molar-refractivity contribution is 9.10. The van der Waals surface area contributed by atoms with E-state index in [0.29, 0.717) is 10.9 Å². The molecule has 1 aliphatic heterocycles. The van der Waals surface area contributed by atoms with Crippen LogP contribution in [0.2, 0.25) is 0 Å². The summed E-state index contributed by atoms with van der Waals surface area (Å²) >= 11 is 3.30. The smallest absolute Gasteiger partial charge is 0.240 e. The van der Waals surface area contributed by atoms with Crippen molar-refractivity contribution in [3.05, 3.63) is 28.7 Å². The molecule has 1 unspecified atom stereocenters. The van der Waals surface area contributed by atoms with Crippen molar-refractivity contribution in [1.82, 2.24) is 9.62 Å². The van der Waals surface area contributed by atoms with E-state index in [0.717, 1.165) is 43.1 Å². The van der Waals surface area contributed by atoms with Gasteiger partial charge in [0.15, 0.2) is 0 Å². The number of hydrogen-bond donors (Lipinski definition) is 1. The summed E-state index contributed by atoms with van der Waals surface area (Å²) in [6, 6.07) is 7.30. The molecule has 1 N–H and O–H groups in total. The molecule has 158 valence electrons. The minimum atomic E-state index is -3.35. The fourth-order valence-electron chi connectivity index (χ4n) is 3.97. The molecule has 1 atom stereocenters. The van der Waals surface area contributed by atoms with Gasteiger partial charge in [0.1, 0.15) is 0 Å². The van der Waals surface area contributed by atoms with Gasteiger partial charge in [-0.3, -0.25) is 4.79 Å². The second-order valence-corrected chi connectivity index (χ2v) is 11.4. The third kappa shape index (κ3) is 6.85. The maximum atomic E-state index is 12.1. The number of nitrogens with one attached hydrogen (secondary N) is 1. The van der Waals surface area contributed by atoms with Gasteiger partial charge in [-0.25, -0.2) is 13.1 Å². The molecular formula is C21H33BrN2O3S. The van der Waals surface area contributed by atoms with Crippen LogP contribution in [0, 0.1) is 5.41 Å². The van der Waals surface area contributed by atoms with Crippen molar-refractivity contribution in [1.29, 1.82) is 0 Å². The van der Waals surface area contributed by atoms with Gasteiger partial charge in [0, 0.05) is 23.1 Å². The van der Waals surface area contributed by atoms with Gasteiger partial charge in [-0.2, -0.15) is 0 Å². The summed E-state index contributed by atoms with van der Waals surface area (Å²) < 4.78 is 27.8. The molecule has 1 saturated carbocycles. The molecule has 2 aliphatic rings. The van der Waals surface area contributed by atoms with Gasteiger partial charge >= 0.3 is 0 Å². The number of amides is 1. The van der Waals surface area contributed by atoms with Crippen LogP contribution in [0.1, 0.15) is 65.7 Å². The first kappa shape index (κ1) is 23.4. The minimum Gasteiger partial charge on any atom is -0.342 e. The molecule has 0 bridgehead atoms. The van der Waals surface area contributed by atoms with Crippen molar-refractivity contribution in [2.75, 3.05) is 6.54 Å². The van der Waals surface area contributed by atoms with Crippen molar-refractivity contribution in [2.45, 2.75) is 82.7 Å². The lowest BCUT2D eigenvalue weighted by Crippen LogP contribution is -2.38. The SMILES string of the molecule is CC(C)(C)C1CCCN1C=O.O=S(=O)(NC1CCCCC1)c1ccc(Br)cc1. The van der Waals surface area contributed by atoms with E-state index in [1.807, 2.05) is 4.90 Å². The van der Waals surface area contributed by atoms with E-state index < -0.39 is 10.0 Å². The maximum Gasteiger partial charge on any atom is 0.240 e. The maximum absolute atomic E-state index is 12.1. The van der Waals surface area contributed by atoms with E-state index in [9.17, 15) is 13.2 Å². The summed E-state index contributed by atoms with van der Waals surface area (Å²) in [6.07, 6.45) is 8.69. The molecule has 0 aromatic heterocycles. The standard InChI is InChI=1S/C12H16BrNO2S.C9H17NO/c13-10-6-8-12(9-7-10)17(15,16)14-11-4-2-1-3-5-11;1-9(2,3)8-5-4-6-10(8)7-11/h6-9,11,14H,1-5H2;7-8H,4-6H2,1-3H3. The van der Waals surface area contributed by atoms with Crippen molar-refractivity contribution in [2.24, 2.45) is 5.41 Å². The fourth-order valence-corrected chi connectivity index (χ4v) is 5.54. The molecule has 28 heavy (non-hydrogen) atoms. The topological polar surface area (TPSA) is 66.5 Å². The van der Waals surface area contributed by atoms with Crippen LogP contribution in [0.15, 0.2) is 33.6 Å². The summed E-state index contributed by atoms with van der Waals surface area (Å²) in [7, 11) is -3.35. The molecule has 1 aromatic rings. The molecule has 1 saturated heterocycles. The Morgan fingerprint density at radius 1 is 1.04 bits per heavy atom. The van der Waals surface area contributed by atoms with E-state index in [1.54, 1.807) is 24.3 Å². The van der Waals surface area contributed by atoms with Crippen LogP contribution in [-0.4, -0.2) is 38.4 Å². The third-order valence-corrected chi connectivity index (χ3v) is 7.55. The lowest BCUT2D eigenvalue weighted by Gasteiger charge is -2.32. The van der Waals surface area contributed by atoms with Crippen molar-refractivity contribution in [3.63, 3.8) is 0 Å². The first-order valence-corrected chi connectivity index (χ1v) is 12.4. The molecule has 2 fully saturated rings. The Labute approximate surface area is 178 Å². The van der Waals surface area contributed by atoms with Gasteiger partial charge in [-0.05, 0) is 55.4 Å². The molecule has 1 aliphatic carbocycles. The number of halogens is 1. The van der Waals surface area contributed by atoms with Crippen molar-refractivity contribution < 1.29 is 13.2 Å². The minimum absolute atomic E-state index is 0.109. The van der Waals surface area contributed by atoms with Crippen LogP contribution in [0.5, 0.6) is 0 Å². The molecule has 0 spiro atoms. The number of rotatable bonds is 4. The van der Waals surface area contributed by atoms with E-state index >= 15 is 0 Å². The fraction of sp³-hybridized carbons (Fsp3) is 0.667. The number of nitrogens with zero attached hydrogens (tertiary/aromatic N) is 1. The first-order valence-electron chi connectivity index (χ1n) is 10.1. The first-order chi connectivity index (χ1) is 13.1.